The molecule has 5 heteroatoms. The lowest BCUT2D eigenvalue weighted by Gasteiger charge is -2.36. The standard InChI is InChI=1S/C24H25N3O2/c28-23(24(12-15-29-16-13-24)21-9-5-2-6-10-21)25-14-11-19-17-26-22(27-18-19)20-7-3-1-4-8-20/h1-10,17-18H,11-16H2,(H,25,28). The van der Waals surface area contributed by atoms with Gasteiger partial charge in [0.05, 0.1) is 5.41 Å². The van der Waals surface area contributed by atoms with Crippen LogP contribution < -0.4 is 5.32 Å². The van der Waals surface area contributed by atoms with E-state index in [1.165, 1.54) is 0 Å². The molecule has 1 aliphatic heterocycles. The molecule has 1 aliphatic rings. The van der Waals surface area contributed by atoms with Gasteiger partial charge in [-0.05, 0) is 30.4 Å². The molecule has 1 N–H and O–H groups in total. The monoisotopic (exact) mass is 387 g/mol. The van der Waals surface area contributed by atoms with Gasteiger partial charge in [-0.25, -0.2) is 9.97 Å². The third kappa shape index (κ3) is 4.35. The number of aromatic nitrogens is 2. The van der Waals surface area contributed by atoms with E-state index in [-0.39, 0.29) is 5.91 Å². The number of nitrogens with one attached hydrogen (secondary N) is 1. The van der Waals surface area contributed by atoms with Crippen molar-refractivity contribution in [3.05, 3.63) is 84.2 Å². The zero-order valence-electron chi connectivity index (χ0n) is 16.4. The number of rotatable bonds is 6. The van der Waals surface area contributed by atoms with Gasteiger partial charge in [0, 0.05) is 37.7 Å². The lowest BCUT2D eigenvalue weighted by molar-refractivity contribution is -0.130. The lowest BCUT2D eigenvalue weighted by Crippen LogP contribution is -2.48. The minimum atomic E-state index is -0.507. The fourth-order valence-electron chi connectivity index (χ4n) is 3.83. The van der Waals surface area contributed by atoms with Crippen molar-refractivity contribution in [3.63, 3.8) is 0 Å². The molecule has 4 rings (SSSR count). The zero-order valence-corrected chi connectivity index (χ0v) is 16.4. The molecule has 0 atom stereocenters. The molecule has 0 radical (unpaired) electrons. The van der Waals surface area contributed by atoms with Crippen LogP contribution in [0.2, 0.25) is 0 Å². The van der Waals surface area contributed by atoms with Crippen LogP contribution in [0.25, 0.3) is 11.4 Å². The van der Waals surface area contributed by atoms with Gasteiger partial charge in [0.2, 0.25) is 5.91 Å². The Kier molecular flexibility index (Phi) is 5.96. The Hall–Kier alpha value is -3.05. The van der Waals surface area contributed by atoms with Crippen molar-refractivity contribution < 1.29 is 9.53 Å². The first-order valence-electron chi connectivity index (χ1n) is 10.1. The zero-order chi connectivity index (χ0) is 19.9. The summed E-state index contributed by atoms with van der Waals surface area (Å²) in [5, 5.41) is 3.14. The van der Waals surface area contributed by atoms with E-state index in [0.717, 1.165) is 16.7 Å². The normalized spacial score (nSPS) is 15.6. The summed E-state index contributed by atoms with van der Waals surface area (Å²) in [5.74, 6) is 0.789. The molecule has 3 aromatic rings. The summed E-state index contributed by atoms with van der Waals surface area (Å²) in [4.78, 5) is 22.1. The minimum absolute atomic E-state index is 0.0776. The van der Waals surface area contributed by atoms with Gasteiger partial charge in [0.1, 0.15) is 0 Å². The first-order valence-corrected chi connectivity index (χ1v) is 10.1. The lowest BCUT2D eigenvalue weighted by atomic mass is 9.73. The minimum Gasteiger partial charge on any atom is -0.381 e. The van der Waals surface area contributed by atoms with Crippen molar-refractivity contribution >= 4 is 5.91 Å². The van der Waals surface area contributed by atoms with E-state index < -0.39 is 5.41 Å². The van der Waals surface area contributed by atoms with Crippen LogP contribution in [0.15, 0.2) is 73.1 Å². The molecule has 0 aliphatic carbocycles. The van der Waals surface area contributed by atoms with E-state index in [0.29, 0.717) is 44.8 Å². The summed E-state index contributed by atoms with van der Waals surface area (Å²) in [6.07, 6.45) is 5.78. The number of hydrogen-bond donors (Lipinski definition) is 1. The van der Waals surface area contributed by atoms with Gasteiger partial charge in [0.15, 0.2) is 5.82 Å². The maximum absolute atomic E-state index is 13.2. The van der Waals surface area contributed by atoms with Crippen LogP contribution in [0.5, 0.6) is 0 Å². The average Bonchev–Trinajstić information content (AvgIpc) is 2.81. The highest BCUT2D eigenvalue weighted by Crippen LogP contribution is 2.35. The second-order valence-corrected chi connectivity index (χ2v) is 7.35. The van der Waals surface area contributed by atoms with E-state index in [2.05, 4.69) is 15.3 Å². The Morgan fingerprint density at radius 2 is 1.55 bits per heavy atom. The average molecular weight is 387 g/mol. The van der Waals surface area contributed by atoms with E-state index in [4.69, 9.17) is 4.74 Å². The smallest absolute Gasteiger partial charge is 0.230 e. The number of hydrogen-bond acceptors (Lipinski definition) is 4. The molecule has 0 bridgehead atoms. The third-order valence-corrected chi connectivity index (χ3v) is 5.54. The van der Waals surface area contributed by atoms with Crippen molar-refractivity contribution in [1.29, 1.82) is 0 Å². The van der Waals surface area contributed by atoms with Gasteiger partial charge in [-0.3, -0.25) is 4.79 Å². The molecular formula is C24H25N3O2. The van der Waals surface area contributed by atoms with Crippen molar-refractivity contribution in [3.8, 4) is 11.4 Å². The summed E-state index contributed by atoms with van der Waals surface area (Å²) < 4.78 is 5.52. The van der Waals surface area contributed by atoms with E-state index in [9.17, 15) is 4.79 Å². The van der Waals surface area contributed by atoms with Crippen molar-refractivity contribution in [1.82, 2.24) is 15.3 Å². The molecule has 0 spiro atoms. The molecule has 1 aromatic heterocycles. The van der Waals surface area contributed by atoms with Gasteiger partial charge in [-0.15, -0.1) is 0 Å². The Balaban J connectivity index is 1.38. The van der Waals surface area contributed by atoms with Crippen LogP contribution in [0.4, 0.5) is 0 Å². The maximum atomic E-state index is 13.2. The molecule has 0 unspecified atom stereocenters. The fraction of sp³-hybridized carbons (Fsp3) is 0.292. The van der Waals surface area contributed by atoms with E-state index in [1.807, 2.05) is 73.1 Å². The predicted octanol–water partition coefficient (Wildman–Crippen LogP) is 3.55. The van der Waals surface area contributed by atoms with Gasteiger partial charge in [-0.2, -0.15) is 0 Å². The second-order valence-electron chi connectivity index (χ2n) is 7.35. The Labute approximate surface area is 171 Å². The highest BCUT2D eigenvalue weighted by Gasteiger charge is 2.41. The first kappa shape index (κ1) is 19.3. The van der Waals surface area contributed by atoms with Gasteiger partial charge >= 0.3 is 0 Å². The predicted molar refractivity (Wildman–Crippen MR) is 112 cm³/mol. The molecule has 2 heterocycles. The van der Waals surface area contributed by atoms with Crippen molar-refractivity contribution in [2.45, 2.75) is 24.7 Å². The number of nitrogens with zero attached hydrogens (tertiary/aromatic N) is 2. The molecule has 1 fully saturated rings. The van der Waals surface area contributed by atoms with Crippen LogP contribution in [0, 0.1) is 0 Å². The third-order valence-electron chi connectivity index (χ3n) is 5.54. The fourth-order valence-corrected chi connectivity index (χ4v) is 3.83. The van der Waals surface area contributed by atoms with Crippen LogP contribution in [0.1, 0.15) is 24.0 Å². The molecule has 2 aromatic carbocycles. The number of benzene rings is 2. The van der Waals surface area contributed by atoms with Crippen LogP contribution in [-0.2, 0) is 21.4 Å². The highest BCUT2D eigenvalue weighted by atomic mass is 16.5. The van der Waals surface area contributed by atoms with Crippen molar-refractivity contribution in [2.75, 3.05) is 19.8 Å². The van der Waals surface area contributed by atoms with Crippen LogP contribution >= 0.6 is 0 Å². The molecule has 5 nitrogen and oxygen atoms in total. The Bertz CT molecular complexity index is 921. The summed E-state index contributed by atoms with van der Waals surface area (Å²) in [6, 6.07) is 20.0. The summed E-state index contributed by atoms with van der Waals surface area (Å²) >= 11 is 0. The maximum Gasteiger partial charge on any atom is 0.230 e. The highest BCUT2D eigenvalue weighted by molar-refractivity contribution is 5.88. The van der Waals surface area contributed by atoms with E-state index >= 15 is 0 Å². The number of carbonyl (C=O) groups is 1. The number of carbonyl (C=O) groups excluding carboxylic acids is 1. The summed E-state index contributed by atoms with van der Waals surface area (Å²) in [5.41, 5.74) is 2.56. The Morgan fingerprint density at radius 3 is 2.21 bits per heavy atom. The number of amides is 1. The Morgan fingerprint density at radius 1 is 0.931 bits per heavy atom. The molecule has 29 heavy (non-hydrogen) atoms. The topological polar surface area (TPSA) is 64.1 Å². The largest absolute Gasteiger partial charge is 0.381 e. The molecule has 148 valence electrons. The summed E-state index contributed by atoms with van der Waals surface area (Å²) in [6.45, 7) is 1.77. The number of ether oxygens (including phenoxy) is 1. The van der Waals surface area contributed by atoms with Gasteiger partial charge in [-0.1, -0.05) is 60.7 Å². The molecular weight excluding hydrogens is 362 g/mol. The molecule has 1 saturated heterocycles. The first-order chi connectivity index (χ1) is 14.3. The molecule has 1 amide bonds. The quantitative estimate of drug-likeness (QED) is 0.703. The van der Waals surface area contributed by atoms with Gasteiger partial charge in [0.25, 0.3) is 0 Å². The molecule has 0 saturated carbocycles. The van der Waals surface area contributed by atoms with Crippen molar-refractivity contribution in [2.24, 2.45) is 0 Å². The van der Waals surface area contributed by atoms with E-state index in [1.54, 1.807) is 0 Å². The summed E-state index contributed by atoms with van der Waals surface area (Å²) in [7, 11) is 0. The second kappa shape index (κ2) is 8.97. The van der Waals surface area contributed by atoms with Gasteiger partial charge < -0.3 is 10.1 Å². The van der Waals surface area contributed by atoms with Crippen LogP contribution in [0.3, 0.4) is 0 Å². The van der Waals surface area contributed by atoms with Crippen LogP contribution in [-0.4, -0.2) is 35.6 Å². The SMILES string of the molecule is O=C(NCCc1cnc(-c2ccccc2)nc1)C1(c2ccccc2)CCOCC1.